The van der Waals surface area contributed by atoms with Crippen LogP contribution in [0.15, 0.2) is 23.2 Å². The first-order valence-corrected chi connectivity index (χ1v) is 5.61. The van der Waals surface area contributed by atoms with Crippen molar-refractivity contribution in [1.29, 1.82) is 0 Å². The Morgan fingerprint density at radius 3 is 3.27 bits per heavy atom. The highest BCUT2D eigenvalue weighted by Gasteiger charge is 2.30. The second-order valence-corrected chi connectivity index (χ2v) is 4.49. The van der Waals surface area contributed by atoms with Crippen LogP contribution in [0.5, 0.6) is 5.75 Å². The van der Waals surface area contributed by atoms with E-state index in [1.54, 1.807) is 0 Å². The van der Waals surface area contributed by atoms with E-state index in [0.29, 0.717) is 5.92 Å². The number of hydrogen-bond donors (Lipinski definition) is 0. The van der Waals surface area contributed by atoms with Crippen molar-refractivity contribution in [3.8, 4) is 5.75 Å². The van der Waals surface area contributed by atoms with E-state index in [9.17, 15) is 0 Å². The van der Waals surface area contributed by atoms with E-state index in [2.05, 4.69) is 30.1 Å². The molecular formula is C13H15NO. The third-order valence-electron chi connectivity index (χ3n) is 3.27. The number of hydrogen-bond acceptors (Lipinski definition) is 2. The van der Waals surface area contributed by atoms with Crippen LogP contribution in [-0.4, -0.2) is 12.4 Å². The van der Waals surface area contributed by atoms with Crippen LogP contribution in [0.2, 0.25) is 0 Å². The highest BCUT2D eigenvalue weighted by Crippen LogP contribution is 2.35. The van der Waals surface area contributed by atoms with E-state index in [1.165, 1.54) is 17.5 Å². The Bertz CT molecular complexity index is 411. The summed E-state index contributed by atoms with van der Waals surface area (Å²) in [7, 11) is 0. The molecule has 2 unspecified atom stereocenters. The number of ether oxygens (including phenoxy) is 1. The Morgan fingerprint density at radius 1 is 1.40 bits per heavy atom. The maximum absolute atomic E-state index is 5.89. The third kappa shape index (κ3) is 1.54. The Labute approximate surface area is 90.0 Å². The molecule has 2 heteroatoms. The predicted octanol–water partition coefficient (Wildman–Crippen LogP) is 2.74. The molecule has 0 radical (unpaired) electrons. The van der Waals surface area contributed by atoms with E-state index < -0.39 is 0 Å². The van der Waals surface area contributed by atoms with Gasteiger partial charge in [-0.2, -0.15) is 0 Å². The van der Waals surface area contributed by atoms with Crippen molar-refractivity contribution < 1.29 is 4.74 Å². The zero-order valence-corrected chi connectivity index (χ0v) is 8.94. The number of rotatable bonds is 0. The van der Waals surface area contributed by atoms with Crippen molar-refractivity contribution in [3.05, 3.63) is 29.3 Å². The van der Waals surface area contributed by atoms with Crippen molar-refractivity contribution in [2.45, 2.75) is 32.4 Å². The Balaban J connectivity index is 1.97. The Hall–Kier alpha value is -1.31. The molecule has 2 nitrogen and oxygen atoms in total. The molecule has 0 saturated carbocycles. The average molecular weight is 201 g/mol. The molecular weight excluding hydrogens is 186 g/mol. The molecule has 0 aliphatic carbocycles. The molecule has 0 saturated heterocycles. The first kappa shape index (κ1) is 8.96. The molecule has 2 atom stereocenters. The molecule has 0 fully saturated rings. The summed E-state index contributed by atoms with van der Waals surface area (Å²) in [5.74, 6) is 1.62. The van der Waals surface area contributed by atoms with Gasteiger partial charge in [0.15, 0.2) is 6.23 Å². The van der Waals surface area contributed by atoms with Crippen molar-refractivity contribution in [3.63, 3.8) is 0 Å². The van der Waals surface area contributed by atoms with Gasteiger partial charge in [0, 0.05) is 12.1 Å². The van der Waals surface area contributed by atoms with Crippen LogP contribution in [-0.2, 0) is 6.42 Å². The largest absolute Gasteiger partial charge is 0.468 e. The molecule has 78 valence electrons. The van der Waals surface area contributed by atoms with Crippen LogP contribution >= 0.6 is 0 Å². The summed E-state index contributed by atoms with van der Waals surface area (Å²) in [6.45, 7) is 2.13. The number of aliphatic imine (C=N–C) groups is 1. The lowest BCUT2D eigenvalue weighted by Crippen LogP contribution is -2.33. The van der Waals surface area contributed by atoms with E-state index in [4.69, 9.17) is 4.74 Å². The summed E-state index contributed by atoms with van der Waals surface area (Å²) >= 11 is 0. The van der Waals surface area contributed by atoms with Crippen molar-refractivity contribution >= 4 is 6.21 Å². The molecule has 2 aliphatic heterocycles. The zero-order valence-electron chi connectivity index (χ0n) is 8.94. The first-order valence-electron chi connectivity index (χ1n) is 5.61. The first-order chi connectivity index (χ1) is 7.33. The van der Waals surface area contributed by atoms with Crippen LogP contribution in [0.25, 0.3) is 0 Å². The Kier molecular flexibility index (Phi) is 2.01. The molecule has 1 aromatic carbocycles. The fourth-order valence-corrected chi connectivity index (χ4v) is 2.46. The van der Waals surface area contributed by atoms with E-state index in [1.807, 2.05) is 6.21 Å². The third-order valence-corrected chi connectivity index (χ3v) is 3.27. The SMILES string of the molecule is Cc1ccc2c(c1)CC1CCC=NC1O2. The van der Waals surface area contributed by atoms with Crippen molar-refractivity contribution in [1.82, 2.24) is 0 Å². The molecule has 0 N–H and O–H groups in total. The lowest BCUT2D eigenvalue weighted by molar-refractivity contribution is 0.111. The van der Waals surface area contributed by atoms with Gasteiger partial charge in [-0.3, -0.25) is 4.99 Å². The number of nitrogens with zero attached hydrogens (tertiary/aromatic N) is 1. The lowest BCUT2D eigenvalue weighted by atomic mass is 9.89. The van der Waals surface area contributed by atoms with Gasteiger partial charge >= 0.3 is 0 Å². The molecule has 0 spiro atoms. The van der Waals surface area contributed by atoms with Crippen LogP contribution in [0.4, 0.5) is 0 Å². The van der Waals surface area contributed by atoms with Crippen LogP contribution in [0.3, 0.4) is 0 Å². The highest BCUT2D eigenvalue weighted by molar-refractivity contribution is 5.58. The smallest absolute Gasteiger partial charge is 0.192 e. The van der Waals surface area contributed by atoms with Gasteiger partial charge in [0.25, 0.3) is 0 Å². The van der Waals surface area contributed by atoms with Crippen molar-refractivity contribution in [2.24, 2.45) is 10.9 Å². The lowest BCUT2D eigenvalue weighted by Gasteiger charge is -2.33. The Morgan fingerprint density at radius 2 is 2.33 bits per heavy atom. The average Bonchev–Trinajstić information content (AvgIpc) is 2.26. The highest BCUT2D eigenvalue weighted by atomic mass is 16.5. The molecule has 2 heterocycles. The molecule has 0 amide bonds. The summed E-state index contributed by atoms with van der Waals surface area (Å²) in [5, 5.41) is 0. The molecule has 0 aromatic heterocycles. The van der Waals surface area contributed by atoms with Gasteiger partial charge in [-0.25, -0.2) is 0 Å². The van der Waals surface area contributed by atoms with Crippen LogP contribution < -0.4 is 4.74 Å². The van der Waals surface area contributed by atoms with Gasteiger partial charge in [0.05, 0.1) is 0 Å². The zero-order chi connectivity index (χ0) is 10.3. The summed E-state index contributed by atoms with van der Waals surface area (Å²) < 4.78 is 5.89. The molecule has 2 aliphatic rings. The van der Waals surface area contributed by atoms with E-state index in [0.717, 1.165) is 18.6 Å². The predicted molar refractivity (Wildman–Crippen MR) is 60.5 cm³/mol. The van der Waals surface area contributed by atoms with Gasteiger partial charge in [-0.15, -0.1) is 0 Å². The summed E-state index contributed by atoms with van der Waals surface area (Å²) in [5.41, 5.74) is 2.67. The number of benzene rings is 1. The fourth-order valence-electron chi connectivity index (χ4n) is 2.46. The molecule has 15 heavy (non-hydrogen) atoms. The quantitative estimate of drug-likeness (QED) is 0.632. The fraction of sp³-hybridized carbons (Fsp3) is 0.462. The summed E-state index contributed by atoms with van der Waals surface area (Å²) in [6, 6.07) is 6.42. The minimum absolute atomic E-state index is 0.0777. The van der Waals surface area contributed by atoms with Crippen LogP contribution in [0, 0.1) is 12.8 Å². The minimum atomic E-state index is 0.0777. The van der Waals surface area contributed by atoms with Crippen molar-refractivity contribution in [2.75, 3.05) is 0 Å². The summed E-state index contributed by atoms with van der Waals surface area (Å²) in [6.07, 6.45) is 5.51. The van der Waals surface area contributed by atoms with E-state index >= 15 is 0 Å². The maximum Gasteiger partial charge on any atom is 0.192 e. The van der Waals surface area contributed by atoms with Gasteiger partial charge in [0.1, 0.15) is 5.75 Å². The second kappa shape index (κ2) is 3.37. The maximum atomic E-state index is 5.89. The van der Waals surface area contributed by atoms with E-state index in [-0.39, 0.29) is 6.23 Å². The van der Waals surface area contributed by atoms with Gasteiger partial charge < -0.3 is 4.74 Å². The monoisotopic (exact) mass is 201 g/mol. The van der Waals surface area contributed by atoms with Gasteiger partial charge in [0.2, 0.25) is 0 Å². The summed E-state index contributed by atoms with van der Waals surface area (Å²) in [4.78, 5) is 4.43. The number of fused-ring (bicyclic) bond motifs is 2. The normalized spacial score (nSPS) is 27.8. The van der Waals surface area contributed by atoms with Crippen LogP contribution in [0.1, 0.15) is 24.0 Å². The second-order valence-electron chi connectivity index (χ2n) is 4.49. The standard InChI is InChI=1S/C13H15NO/c1-9-4-5-12-11(7-9)8-10-3-2-6-14-13(10)15-12/h4-7,10,13H,2-3,8H2,1H3. The topological polar surface area (TPSA) is 21.6 Å². The van der Waals surface area contributed by atoms with Gasteiger partial charge in [-0.1, -0.05) is 17.7 Å². The van der Waals surface area contributed by atoms with Gasteiger partial charge in [-0.05, 0) is 37.8 Å². The molecule has 0 bridgehead atoms. The molecule has 1 aromatic rings. The minimum Gasteiger partial charge on any atom is -0.468 e. The number of aryl methyl sites for hydroxylation is 1. The molecule has 3 rings (SSSR count).